The molecule has 142 valence electrons. The summed E-state index contributed by atoms with van der Waals surface area (Å²) in [6, 6.07) is 14.9. The van der Waals surface area contributed by atoms with Crippen molar-refractivity contribution in [2.24, 2.45) is 0 Å². The summed E-state index contributed by atoms with van der Waals surface area (Å²) in [5, 5.41) is 5.60. The average molecular weight is 368 g/mol. The van der Waals surface area contributed by atoms with Crippen LogP contribution in [0, 0.1) is 0 Å². The van der Waals surface area contributed by atoms with E-state index >= 15 is 0 Å². The molecule has 7 heteroatoms. The number of hydrogen-bond acceptors (Lipinski definition) is 4. The molecule has 2 aromatic rings. The lowest BCUT2D eigenvalue weighted by molar-refractivity contribution is -0.114. The zero-order valence-corrected chi connectivity index (χ0v) is 15.6. The van der Waals surface area contributed by atoms with E-state index in [1.165, 1.54) is 6.92 Å². The van der Waals surface area contributed by atoms with Gasteiger partial charge in [-0.05, 0) is 48.5 Å². The van der Waals surface area contributed by atoms with Gasteiger partial charge in [0.05, 0.1) is 7.11 Å². The quantitative estimate of drug-likeness (QED) is 0.870. The molecule has 1 aliphatic heterocycles. The predicted molar refractivity (Wildman–Crippen MR) is 107 cm³/mol. The molecule has 2 N–H and O–H groups in total. The Labute approximate surface area is 158 Å². The van der Waals surface area contributed by atoms with Gasteiger partial charge in [-0.1, -0.05) is 0 Å². The first-order chi connectivity index (χ1) is 13.0. The number of urea groups is 1. The maximum absolute atomic E-state index is 12.5. The molecule has 2 aromatic carbocycles. The fraction of sp³-hybridized carbons (Fsp3) is 0.300. The molecule has 3 rings (SSSR count). The van der Waals surface area contributed by atoms with Crippen molar-refractivity contribution in [2.75, 3.05) is 48.8 Å². The van der Waals surface area contributed by atoms with Gasteiger partial charge in [-0.25, -0.2) is 4.79 Å². The van der Waals surface area contributed by atoms with E-state index in [1.54, 1.807) is 31.4 Å². The molecule has 0 radical (unpaired) electrons. The highest BCUT2D eigenvalue weighted by molar-refractivity contribution is 5.91. The maximum Gasteiger partial charge on any atom is 0.321 e. The highest BCUT2D eigenvalue weighted by atomic mass is 16.5. The van der Waals surface area contributed by atoms with Crippen LogP contribution in [0.4, 0.5) is 21.9 Å². The molecule has 0 saturated carbocycles. The Morgan fingerprint density at radius 3 is 1.93 bits per heavy atom. The Hall–Kier alpha value is -3.22. The summed E-state index contributed by atoms with van der Waals surface area (Å²) in [6.07, 6.45) is 0. The Morgan fingerprint density at radius 2 is 1.41 bits per heavy atom. The van der Waals surface area contributed by atoms with E-state index < -0.39 is 0 Å². The molecule has 0 aliphatic carbocycles. The number of ether oxygens (including phenoxy) is 1. The van der Waals surface area contributed by atoms with Crippen LogP contribution in [-0.4, -0.2) is 50.1 Å². The number of piperazine rings is 1. The van der Waals surface area contributed by atoms with Gasteiger partial charge in [-0.3, -0.25) is 4.79 Å². The molecular weight excluding hydrogens is 344 g/mol. The molecule has 1 fully saturated rings. The summed E-state index contributed by atoms with van der Waals surface area (Å²) >= 11 is 0. The summed E-state index contributed by atoms with van der Waals surface area (Å²) in [6.45, 7) is 4.33. The zero-order valence-electron chi connectivity index (χ0n) is 15.6. The Kier molecular flexibility index (Phi) is 5.80. The van der Waals surface area contributed by atoms with Crippen molar-refractivity contribution in [1.82, 2.24) is 4.90 Å². The van der Waals surface area contributed by atoms with Crippen LogP contribution in [0.5, 0.6) is 5.75 Å². The number of nitrogens with one attached hydrogen (secondary N) is 2. The van der Waals surface area contributed by atoms with Crippen LogP contribution in [-0.2, 0) is 4.79 Å². The van der Waals surface area contributed by atoms with Gasteiger partial charge in [-0.15, -0.1) is 0 Å². The number of carbonyl (C=O) groups excluding carboxylic acids is 2. The molecular formula is C20H24N4O3. The molecule has 27 heavy (non-hydrogen) atoms. The number of amides is 3. The summed E-state index contributed by atoms with van der Waals surface area (Å²) in [4.78, 5) is 27.6. The van der Waals surface area contributed by atoms with Crippen LogP contribution in [0.3, 0.4) is 0 Å². The summed E-state index contributed by atoms with van der Waals surface area (Å²) < 4.78 is 5.19. The highest BCUT2D eigenvalue weighted by Gasteiger charge is 2.21. The van der Waals surface area contributed by atoms with E-state index in [2.05, 4.69) is 15.5 Å². The van der Waals surface area contributed by atoms with Gasteiger partial charge >= 0.3 is 6.03 Å². The molecule has 0 atom stereocenters. The average Bonchev–Trinajstić information content (AvgIpc) is 2.69. The van der Waals surface area contributed by atoms with E-state index in [9.17, 15) is 9.59 Å². The number of rotatable bonds is 4. The normalized spacial score (nSPS) is 13.9. The first-order valence-electron chi connectivity index (χ1n) is 8.88. The third-order valence-corrected chi connectivity index (χ3v) is 4.46. The van der Waals surface area contributed by atoms with Gasteiger partial charge in [0.15, 0.2) is 0 Å². The Bertz CT molecular complexity index is 782. The number of nitrogens with zero attached hydrogens (tertiary/aromatic N) is 2. The van der Waals surface area contributed by atoms with E-state index in [1.807, 2.05) is 29.2 Å². The lowest BCUT2D eigenvalue weighted by Gasteiger charge is -2.36. The molecule has 0 spiro atoms. The lowest BCUT2D eigenvalue weighted by Crippen LogP contribution is -2.50. The molecule has 0 bridgehead atoms. The number of carbonyl (C=O) groups is 2. The second kappa shape index (κ2) is 8.44. The topological polar surface area (TPSA) is 73.9 Å². The molecule has 0 aromatic heterocycles. The minimum Gasteiger partial charge on any atom is -0.497 e. The van der Waals surface area contributed by atoms with Gasteiger partial charge in [-0.2, -0.15) is 0 Å². The summed E-state index contributed by atoms with van der Waals surface area (Å²) in [5.74, 6) is 0.711. The van der Waals surface area contributed by atoms with Crippen LogP contribution in [0.1, 0.15) is 6.92 Å². The third kappa shape index (κ3) is 4.91. The number of benzene rings is 2. The van der Waals surface area contributed by atoms with Gasteiger partial charge in [0.25, 0.3) is 0 Å². The standard InChI is InChI=1S/C20H24N4O3/c1-15(25)21-16-3-5-17(6-4-16)22-20(26)24-13-11-23(12-14-24)18-7-9-19(27-2)10-8-18/h3-10H,11-14H2,1-2H3,(H,21,25)(H,22,26). The number of anilines is 3. The third-order valence-electron chi connectivity index (χ3n) is 4.46. The maximum atomic E-state index is 12.5. The second-order valence-corrected chi connectivity index (χ2v) is 6.36. The van der Waals surface area contributed by atoms with Crippen LogP contribution in [0.25, 0.3) is 0 Å². The Morgan fingerprint density at radius 1 is 0.852 bits per heavy atom. The molecule has 1 saturated heterocycles. The van der Waals surface area contributed by atoms with Crippen molar-refractivity contribution in [3.63, 3.8) is 0 Å². The van der Waals surface area contributed by atoms with Crippen molar-refractivity contribution >= 4 is 29.0 Å². The van der Waals surface area contributed by atoms with Crippen molar-refractivity contribution in [2.45, 2.75) is 6.92 Å². The number of methoxy groups -OCH3 is 1. The smallest absolute Gasteiger partial charge is 0.321 e. The Balaban J connectivity index is 1.51. The molecule has 3 amide bonds. The second-order valence-electron chi connectivity index (χ2n) is 6.36. The monoisotopic (exact) mass is 368 g/mol. The summed E-state index contributed by atoms with van der Waals surface area (Å²) in [7, 11) is 1.65. The summed E-state index contributed by atoms with van der Waals surface area (Å²) in [5.41, 5.74) is 2.53. The lowest BCUT2D eigenvalue weighted by atomic mass is 10.2. The fourth-order valence-electron chi connectivity index (χ4n) is 3.00. The molecule has 7 nitrogen and oxygen atoms in total. The SMILES string of the molecule is COc1ccc(N2CCN(C(=O)Nc3ccc(NC(C)=O)cc3)CC2)cc1. The molecule has 1 aliphatic rings. The van der Waals surface area contributed by atoms with Crippen LogP contribution in [0.2, 0.25) is 0 Å². The fourth-order valence-corrected chi connectivity index (χ4v) is 3.00. The van der Waals surface area contributed by atoms with E-state index in [4.69, 9.17) is 4.74 Å². The highest BCUT2D eigenvalue weighted by Crippen LogP contribution is 2.21. The minimum absolute atomic E-state index is 0.114. The van der Waals surface area contributed by atoms with Gasteiger partial charge in [0, 0.05) is 50.2 Å². The van der Waals surface area contributed by atoms with Crippen LogP contribution in [0.15, 0.2) is 48.5 Å². The van der Waals surface area contributed by atoms with Crippen molar-refractivity contribution in [1.29, 1.82) is 0 Å². The first kappa shape index (κ1) is 18.6. The molecule has 0 unspecified atom stereocenters. The van der Waals surface area contributed by atoms with Crippen LogP contribution < -0.4 is 20.3 Å². The van der Waals surface area contributed by atoms with E-state index in [0.29, 0.717) is 24.5 Å². The van der Waals surface area contributed by atoms with Crippen molar-refractivity contribution in [3.8, 4) is 5.75 Å². The van der Waals surface area contributed by atoms with Crippen molar-refractivity contribution < 1.29 is 14.3 Å². The van der Waals surface area contributed by atoms with Gasteiger partial charge in [0.2, 0.25) is 5.91 Å². The minimum atomic E-state index is -0.124. The molecule has 1 heterocycles. The number of hydrogen-bond donors (Lipinski definition) is 2. The van der Waals surface area contributed by atoms with Gasteiger partial charge < -0.3 is 25.2 Å². The van der Waals surface area contributed by atoms with Crippen LogP contribution >= 0.6 is 0 Å². The largest absolute Gasteiger partial charge is 0.497 e. The van der Waals surface area contributed by atoms with E-state index in [0.717, 1.165) is 24.5 Å². The van der Waals surface area contributed by atoms with Gasteiger partial charge in [0.1, 0.15) is 5.75 Å². The zero-order chi connectivity index (χ0) is 19.2. The van der Waals surface area contributed by atoms with Crippen molar-refractivity contribution in [3.05, 3.63) is 48.5 Å². The first-order valence-corrected chi connectivity index (χ1v) is 8.88. The predicted octanol–water partition coefficient (Wildman–Crippen LogP) is 3.01. The van der Waals surface area contributed by atoms with E-state index in [-0.39, 0.29) is 11.9 Å².